The van der Waals surface area contributed by atoms with Crippen LogP contribution in [0.25, 0.3) is 28.9 Å². The molecule has 0 heterocycles. The SMILES string of the molecule is C=CC1CC=C(c2ccc(/C=C/c3ccc(-c4ccc(OCC)c(F)c4)cc3)c(F)c2F)CC1. The van der Waals surface area contributed by atoms with Gasteiger partial charge in [-0.05, 0) is 66.5 Å². The van der Waals surface area contributed by atoms with E-state index in [1.165, 1.54) is 6.07 Å². The van der Waals surface area contributed by atoms with E-state index < -0.39 is 17.5 Å². The van der Waals surface area contributed by atoms with Gasteiger partial charge in [-0.25, -0.2) is 13.2 Å². The third-order valence-corrected chi connectivity index (χ3v) is 6.17. The first-order valence-electron chi connectivity index (χ1n) is 11.5. The second kappa shape index (κ2) is 10.6. The summed E-state index contributed by atoms with van der Waals surface area (Å²) in [5.41, 5.74) is 3.79. The number of halogens is 3. The normalized spacial score (nSPS) is 15.9. The van der Waals surface area contributed by atoms with Crippen molar-refractivity contribution >= 4 is 17.7 Å². The number of benzene rings is 3. The van der Waals surface area contributed by atoms with E-state index in [1.807, 2.05) is 36.4 Å². The molecule has 174 valence electrons. The third-order valence-electron chi connectivity index (χ3n) is 6.17. The van der Waals surface area contributed by atoms with Crippen molar-refractivity contribution in [1.82, 2.24) is 0 Å². The predicted octanol–water partition coefficient (Wildman–Crippen LogP) is 8.71. The Morgan fingerprint density at radius 2 is 1.71 bits per heavy atom. The largest absolute Gasteiger partial charge is 0.491 e. The topological polar surface area (TPSA) is 9.23 Å². The van der Waals surface area contributed by atoms with Crippen LogP contribution in [0.1, 0.15) is 42.9 Å². The summed E-state index contributed by atoms with van der Waals surface area (Å²) < 4.78 is 48.9. The zero-order valence-electron chi connectivity index (χ0n) is 19.2. The zero-order chi connectivity index (χ0) is 24.1. The first-order chi connectivity index (χ1) is 16.5. The molecule has 1 aliphatic carbocycles. The average molecular weight is 461 g/mol. The molecule has 4 heteroatoms. The molecule has 0 amide bonds. The van der Waals surface area contributed by atoms with Crippen molar-refractivity contribution in [1.29, 1.82) is 0 Å². The second-order valence-corrected chi connectivity index (χ2v) is 8.36. The molecule has 0 radical (unpaired) electrons. The van der Waals surface area contributed by atoms with E-state index in [2.05, 4.69) is 6.58 Å². The monoisotopic (exact) mass is 460 g/mol. The van der Waals surface area contributed by atoms with E-state index in [0.29, 0.717) is 24.5 Å². The van der Waals surface area contributed by atoms with Gasteiger partial charge in [-0.15, -0.1) is 6.58 Å². The van der Waals surface area contributed by atoms with Gasteiger partial charge in [0.2, 0.25) is 0 Å². The Hall–Kier alpha value is -3.53. The van der Waals surface area contributed by atoms with Gasteiger partial charge in [0.1, 0.15) is 0 Å². The maximum Gasteiger partial charge on any atom is 0.166 e. The quantitative estimate of drug-likeness (QED) is 0.253. The minimum absolute atomic E-state index is 0.194. The van der Waals surface area contributed by atoms with Crippen molar-refractivity contribution in [3.8, 4) is 16.9 Å². The molecule has 0 aliphatic heterocycles. The molecule has 1 unspecified atom stereocenters. The summed E-state index contributed by atoms with van der Waals surface area (Å²) in [5.74, 6) is -1.43. The average Bonchev–Trinajstić information content (AvgIpc) is 2.87. The lowest BCUT2D eigenvalue weighted by atomic mass is 9.86. The van der Waals surface area contributed by atoms with Gasteiger partial charge in [-0.3, -0.25) is 0 Å². The molecular weight excluding hydrogens is 433 g/mol. The van der Waals surface area contributed by atoms with Crippen LogP contribution in [0.5, 0.6) is 5.75 Å². The molecule has 0 N–H and O–H groups in total. The molecule has 1 aliphatic rings. The van der Waals surface area contributed by atoms with E-state index in [0.717, 1.165) is 35.1 Å². The van der Waals surface area contributed by atoms with Crippen LogP contribution >= 0.6 is 0 Å². The van der Waals surface area contributed by atoms with Crippen molar-refractivity contribution in [2.45, 2.75) is 26.2 Å². The van der Waals surface area contributed by atoms with Crippen LogP contribution in [0, 0.1) is 23.4 Å². The lowest BCUT2D eigenvalue weighted by molar-refractivity contribution is 0.321. The fraction of sp³-hybridized carbons (Fsp3) is 0.200. The first-order valence-corrected chi connectivity index (χ1v) is 11.5. The highest BCUT2D eigenvalue weighted by molar-refractivity contribution is 5.74. The molecule has 0 aromatic heterocycles. The van der Waals surface area contributed by atoms with Gasteiger partial charge in [0.15, 0.2) is 23.2 Å². The minimum atomic E-state index is -0.845. The minimum Gasteiger partial charge on any atom is -0.491 e. The highest BCUT2D eigenvalue weighted by Gasteiger charge is 2.19. The standard InChI is InChI=1S/C30H27F3O/c1-3-20-5-12-23(13-6-20)26-17-15-24(29(32)30(26)33)14-9-21-7-10-22(11-8-21)25-16-18-28(34-4-2)27(31)19-25/h3,7-12,14-20H,1,4-6,13H2,2H3/b14-9+. The van der Waals surface area contributed by atoms with Crippen LogP contribution in [0.2, 0.25) is 0 Å². The number of hydrogen-bond donors (Lipinski definition) is 0. The summed E-state index contributed by atoms with van der Waals surface area (Å²) in [6.45, 7) is 6.02. The summed E-state index contributed by atoms with van der Waals surface area (Å²) in [7, 11) is 0. The van der Waals surface area contributed by atoms with E-state index in [1.54, 1.807) is 43.3 Å². The second-order valence-electron chi connectivity index (χ2n) is 8.36. The molecule has 3 aromatic carbocycles. The zero-order valence-corrected chi connectivity index (χ0v) is 19.2. The summed E-state index contributed by atoms with van der Waals surface area (Å²) >= 11 is 0. The fourth-order valence-electron chi connectivity index (χ4n) is 4.18. The van der Waals surface area contributed by atoms with Gasteiger partial charge in [-0.1, -0.05) is 66.8 Å². The van der Waals surface area contributed by atoms with Gasteiger partial charge in [0, 0.05) is 11.1 Å². The third kappa shape index (κ3) is 5.17. The fourth-order valence-corrected chi connectivity index (χ4v) is 4.18. The summed E-state index contributed by atoms with van der Waals surface area (Å²) in [6.07, 6.45) is 9.62. The van der Waals surface area contributed by atoms with Crippen LogP contribution in [-0.4, -0.2) is 6.61 Å². The van der Waals surface area contributed by atoms with Crippen LogP contribution in [0.15, 0.2) is 73.3 Å². The summed E-state index contributed by atoms with van der Waals surface area (Å²) in [6, 6.07) is 15.6. The maximum atomic E-state index is 14.8. The molecule has 0 saturated carbocycles. The number of allylic oxidation sites excluding steroid dienone is 3. The van der Waals surface area contributed by atoms with Gasteiger partial charge >= 0.3 is 0 Å². The molecule has 34 heavy (non-hydrogen) atoms. The highest BCUT2D eigenvalue weighted by Crippen LogP contribution is 2.33. The van der Waals surface area contributed by atoms with E-state index in [-0.39, 0.29) is 11.3 Å². The van der Waals surface area contributed by atoms with Crippen LogP contribution in [0.4, 0.5) is 13.2 Å². The van der Waals surface area contributed by atoms with Crippen molar-refractivity contribution < 1.29 is 17.9 Å². The molecule has 0 bridgehead atoms. The van der Waals surface area contributed by atoms with Crippen LogP contribution in [-0.2, 0) is 0 Å². The molecule has 0 fully saturated rings. The number of hydrogen-bond acceptors (Lipinski definition) is 1. The molecule has 1 atom stereocenters. The van der Waals surface area contributed by atoms with Gasteiger partial charge in [0.25, 0.3) is 0 Å². The number of ether oxygens (including phenoxy) is 1. The summed E-state index contributed by atoms with van der Waals surface area (Å²) in [4.78, 5) is 0. The Morgan fingerprint density at radius 1 is 0.941 bits per heavy atom. The van der Waals surface area contributed by atoms with E-state index in [9.17, 15) is 13.2 Å². The molecular formula is C30H27F3O. The lowest BCUT2D eigenvalue weighted by Crippen LogP contribution is -2.04. The molecule has 0 saturated heterocycles. The van der Waals surface area contributed by atoms with Gasteiger partial charge in [0.05, 0.1) is 6.61 Å². The Balaban J connectivity index is 1.49. The Kier molecular flexibility index (Phi) is 7.36. The smallest absolute Gasteiger partial charge is 0.166 e. The van der Waals surface area contributed by atoms with E-state index in [4.69, 9.17) is 4.74 Å². The lowest BCUT2D eigenvalue weighted by Gasteiger charge is -2.19. The van der Waals surface area contributed by atoms with Crippen molar-refractivity contribution in [2.24, 2.45) is 5.92 Å². The maximum absolute atomic E-state index is 14.8. The van der Waals surface area contributed by atoms with Gasteiger partial charge in [-0.2, -0.15) is 0 Å². The van der Waals surface area contributed by atoms with Crippen LogP contribution in [0.3, 0.4) is 0 Å². The van der Waals surface area contributed by atoms with E-state index >= 15 is 0 Å². The Bertz CT molecular complexity index is 1240. The molecule has 4 rings (SSSR count). The predicted molar refractivity (Wildman–Crippen MR) is 134 cm³/mol. The van der Waals surface area contributed by atoms with Crippen molar-refractivity contribution in [3.63, 3.8) is 0 Å². The van der Waals surface area contributed by atoms with Gasteiger partial charge < -0.3 is 4.74 Å². The molecule has 1 nitrogen and oxygen atoms in total. The molecule has 3 aromatic rings. The van der Waals surface area contributed by atoms with Crippen molar-refractivity contribution in [2.75, 3.05) is 6.61 Å². The summed E-state index contributed by atoms with van der Waals surface area (Å²) in [5, 5.41) is 0. The van der Waals surface area contributed by atoms with Crippen LogP contribution < -0.4 is 4.74 Å². The number of rotatable bonds is 7. The highest BCUT2D eigenvalue weighted by atomic mass is 19.2. The van der Waals surface area contributed by atoms with Crippen molar-refractivity contribution in [3.05, 3.63) is 107 Å². The Labute approximate surface area is 198 Å². The Morgan fingerprint density at radius 3 is 2.35 bits per heavy atom. The molecule has 0 spiro atoms. The first kappa shape index (κ1) is 23.6.